The van der Waals surface area contributed by atoms with Crippen LogP contribution >= 0.6 is 0 Å². The molecule has 51 heavy (non-hydrogen) atoms. The van der Waals surface area contributed by atoms with Crippen molar-refractivity contribution in [3.8, 4) is 33.4 Å². The van der Waals surface area contributed by atoms with E-state index in [1.807, 2.05) is 0 Å². The lowest BCUT2D eigenvalue weighted by atomic mass is 9.81. The third kappa shape index (κ3) is 3.96. The first kappa shape index (κ1) is 28.6. The topological polar surface area (TPSA) is 0 Å². The van der Waals surface area contributed by atoms with Crippen LogP contribution in [0.25, 0.3) is 98.0 Å². The predicted molar refractivity (Wildman–Crippen MR) is 220 cm³/mol. The van der Waals surface area contributed by atoms with Gasteiger partial charge in [-0.3, -0.25) is 0 Å². The summed E-state index contributed by atoms with van der Waals surface area (Å²) in [5.41, 5.74) is 10.6. The van der Waals surface area contributed by atoms with Crippen LogP contribution in [0.4, 0.5) is 0 Å². The number of benzene rings is 10. The summed E-state index contributed by atoms with van der Waals surface area (Å²) in [6.07, 6.45) is 0. The van der Waals surface area contributed by atoms with E-state index in [4.69, 9.17) is 0 Å². The summed E-state index contributed by atoms with van der Waals surface area (Å²) in [5, 5.41) is 15.5. The SMILES string of the molecule is CC1(C)c2ccccc2-c2ccc(-c3cc4c5ccccc5c(-c5cc6ccccc6c6c5ccc5ccccc56)cc4c4ccccc34)cc21. The Morgan fingerprint density at radius 3 is 1.57 bits per heavy atom. The molecule has 0 bridgehead atoms. The van der Waals surface area contributed by atoms with Crippen molar-refractivity contribution in [2.45, 2.75) is 19.3 Å². The van der Waals surface area contributed by atoms with Gasteiger partial charge in [0.05, 0.1) is 0 Å². The molecule has 0 radical (unpaired) electrons. The van der Waals surface area contributed by atoms with Crippen molar-refractivity contribution < 1.29 is 0 Å². The molecule has 0 heteroatoms. The molecule has 10 aromatic carbocycles. The minimum atomic E-state index is -0.0514. The molecule has 0 aromatic heterocycles. The molecule has 0 saturated carbocycles. The quantitative estimate of drug-likeness (QED) is 0.164. The Balaban J connectivity index is 1.22. The lowest BCUT2D eigenvalue weighted by molar-refractivity contribution is 0.660. The highest BCUT2D eigenvalue weighted by molar-refractivity contribution is 6.28. The first-order chi connectivity index (χ1) is 25.1. The van der Waals surface area contributed by atoms with Crippen molar-refractivity contribution in [2.75, 3.05) is 0 Å². The summed E-state index contributed by atoms with van der Waals surface area (Å²) in [7, 11) is 0. The van der Waals surface area contributed by atoms with Gasteiger partial charge in [0.25, 0.3) is 0 Å². The Labute approximate surface area is 297 Å². The molecule has 0 heterocycles. The fraction of sp³-hybridized carbons (Fsp3) is 0.0588. The normalized spacial score (nSPS) is 13.5. The number of fused-ring (bicyclic) bond motifs is 13. The second-order valence-corrected chi connectivity index (χ2v) is 14.8. The fourth-order valence-electron chi connectivity index (χ4n) is 9.38. The molecule has 11 rings (SSSR count). The summed E-state index contributed by atoms with van der Waals surface area (Å²) in [6, 6.07) is 63.8. The van der Waals surface area contributed by atoms with E-state index in [9.17, 15) is 0 Å². The van der Waals surface area contributed by atoms with Gasteiger partial charge in [-0.05, 0) is 133 Å². The van der Waals surface area contributed by atoms with Gasteiger partial charge in [-0.2, -0.15) is 0 Å². The average molecular weight is 647 g/mol. The Kier molecular flexibility index (Phi) is 5.82. The third-order valence-corrected chi connectivity index (χ3v) is 11.8. The van der Waals surface area contributed by atoms with Crippen molar-refractivity contribution in [3.05, 3.63) is 181 Å². The molecule has 0 unspecified atom stereocenters. The second kappa shape index (κ2) is 10.4. The van der Waals surface area contributed by atoms with Gasteiger partial charge in [-0.25, -0.2) is 0 Å². The van der Waals surface area contributed by atoms with E-state index in [1.165, 1.54) is 109 Å². The molecule has 0 amide bonds. The zero-order valence-corrected chi connectivity index (χ0v) is 28.7. The van der Waals surface area contributed by atoms with Crippen molar-refractivity contribution >= 4 is 64.6 Å². The molecule has 10 aromatic rings. The van der Waals surface area contributed by atoms with Crippen LogP contribution < -0.4 is 0 Å². The van der Waals surface area contributed by atoms with Crippen molar-refractivity contribution in [2.24, 2.45) is 0 Å². The summed E-state index contributed by atoms with van der Waals surface area (Å²) < 4.78 is 0. The van der Waals surface area contributed by atoms with Gasteiger partial charge < -0.3 is 0 Å². The number of rotatable bonds is 2. The third-order valence-electron chi connectivity index (χ3n) is 11.8. The lowest BCUT2D eigenvalue weighted by Crippen LogP contribution is -2.14. The second-order valence-electron chi connectivity index (χ2n) is 14.8. The summed E-state index contributed by atoms with van der Waals surface area (Å²) in [6.45, 7) is 4.74. The molecule has 0 N–H and O–H groups in total. The molecule has 238 valence electrons. The minimum Gasteiger partial charge on any atom is -0.0619 e. The maximum atomic E-state index is 2.48. The molecule has 0 fully saturated rings. The van der Waals surface area contributed by atoms with Gasteiger partial charge in [0.1, 0.15) is 0 Å². The summed E-state index contributed by atoms with van der Waals surface area (Å²) >= 11 is 0. The number of hydrogen-bond donors (Lipinski definition) is 0. The van der Waals surface area contributed by atoms with E-state index in [-0.39, 0.29) is 5.41 Å². The zero-order chi connectivity index (χ0) is 33.8. The largest absolute Gasteiger partial charge is 0.0619 e. The Morgan fingerprint density at radius 2 is 0.824 bits per heavy atom. The van der Waals surface area contributed by atoms with E-state index in [0.29, 0.717) is 0 Å². The molecule has 0 nitrogen and oxygen atoms in total. The highest BCUT2D eigenvalue weighted by atomic mass is 14.4. The molecule has 0 atom stereocenters. The van der Waals surface area contributed by atoms with E-state index in [2.05, 4.69) is 184 Å². The van der Waals surface area contributed by atoms with Crippen LogP contribution in [0.15, 0.2) is 170 Å². The standard InChI is InChI=1S/C51H34/c1-51(2)48-22-12-11-21-40(48)41-25-24-33(28-49(41)51)43-29-45-38-19-9-10-20-39(38)46(30-47(45)37-18-8-7-17-36(37)43)44-27-32-14-4-6-16-35(32)50-34-15-5-3-13-31(34)23-26-42(44)50/h3-30H,1-2H3. The molecule has 0 aliphatic heterocycles. The van der Waals surface area contributed by atoms with Crippen LogP contribution in [0.2, 0.25) is 0 Å². The number of hydrogen-bond acceptors (Lipinski definition) is 0. The first-order valence-corrected chi connectivity index (χ1v) is 18.0. The van der Waals surface area contributed by atoms with E-state index in [1.54, 1.807) is 0 Å². The first-order valence-electron chi connectivity index (χ1n) is 18.0. The van der Waals surface area contributed by atoms with Gasteiger partial charge in [-0.1, -0.05) is 159 Å². The van der Waals surface area contributed by atoms with Crippen LogP contribution in [-0.4, -0.2) is 0 Å². The molecular formula is C51H34. The Morgan fingerprint density at radius 1 is 0.294 bits per heavy atom. The predicted octanol–water partition coefficient (Wildman–Crippen LogP) is 14.2. The lowest BCUT2D eigenvalue weighted by Gasteiger charge is -2.22. The molecule has 0 spiro atoms. The highest BCUT2D eigenvalue weighted by Gasteiger charge is 2.35. The Hall–Kier alpha value is -6.24. The Bertz CT molecular complexity index is 3090. The van der Waals surface area contributed by atoms with Crippen molar-refractivity contribution in [3.63, 3.8) is 0 Å². The van der Waals surface area contributed by atoms with Crippen molar-refractivity contribution in [1.29, 1.82) is 0 Å². The highest BCUT2D eigenvalue weighted by Crippen LogP contribution is 2.51. The van der Waals surface area contributed by atoms with Crippen LogP contribution in [0.5, 0.6) is 0 Å². The zero-order valence-electron chi connectivity index (χ0n) is 28.7. The summed E-state index contributed by atoms with van der Waals surface area (Å²) in [4.78, 5) is 0. The van der Waals surface area contributed by atoms with E-state index >= 15 is 0 Å². The van der Waals surface area contributed by atoms with E-state index < -0.39 is 0 Å². The van der Waals surface area contributed by atoms with Crippen LogP contribution in [-0.2, 0) is 5.41 Å². The van der Waals surface area contributed by atoms with Gasteiger partial charge in [-0.15, -0.1) is 0 Å². The van der Waals surface area contributed by atoms with Gasteiger partial charge in [0.2, 0.25) is 0 Å². The molecule has 0 saturated heterocycles. The van der Waals surface area contributed by atoms with Gasteiger partial charge >= 0.3 is 0 Å². The monoisotopic (exact) mass is 646 g/mol. The fourth-order valence-corrected chi connectivity index (χ4v) is 9.38. The van der Waals surface area contributed by atoms with Crippen LogP contribution in [0, 0.1) is 0 Å². The maximum Gasteiger partial charge on any atom is 0.0159 e. The van der Waals surface area contributed by atoms with Crippen molar-refractivity contribution in [1.82, 2.24) is 0 Å². The van der Waals surface area contributed by atoms with Crippen LogP contribution in [0.1, 0.15) is 25.0 Å². The van der Waals surface area contributed by atoms with Gasteiger partial charge in [0, 0.05) is 5.41 Å². The molecule has 1 aliphatic carbocycles. The minimum absolute atomic E-state index is 0.0514. The average Bonchev–Trinajstić information content (AvgIpc) is 3.42. The van der Waals surface area contributed by atoms with Crippen LogP contribution in [0.3, 0.4) is 0 Å². The van der Waals surface area contributed by atoms with Gasteiger partial charge in [0.15, 0.2) is 0 Å². The smallest absolute Gasteiger partial charge is 0.0159 e. The summed E-state index contributed by atoms with van der Waals surface area (Å²) in [5.74, 6) is 0. The molecule has 1 aliphatic rings. The molecular weight excluding hydrogens is 613 g/mol. The van der Waals surface area contributed by atoms with E-state index in [0.717, 1.165) is 0 Å². The maximum absolute atomic E-state index is 2.48.